The molecule has 0 aliphatic carbocycles. The Balaban J connectivity index is 2.22. The average molecular weight is 292 g/mol. The van der Waals surface area contributed by atoms with Crippen LogP contribution in [0.25, 0.3) is 0 Å². The van der Waals surface area contributed by atoms with Crippen molar-refractivity contribution in [2.24, 2.45) is 0 Å². The van der Waals surface area contributed by atoms with Crippen molar-refractivity contribution in [3.05, 3.63) is 23.4 Å². The maximum atomic E-state index is 11.3. The minimum atomic E-state index is -0.936. The Kier molecular flexibility index (Phi) is 4.23. The summed E-state index contributed by atoms with van der Waals surface area (Å²) in [6, 6.07) is 3.22. The van der Waals surface area contributed by atoms with E-state index in [0.717, 1.165) is 25.1 Å². The van der Waals surface area contributed by atoms with Crippen LogP contribution < -0.4 is 5.32 Å². The molecule has 1 unspecified atom stereocenters. The van der Waals surface area contributed by atoms with E-state index in [4.69, 9.17) is 4.74 Å². The van der Waals surface area contributed by atoms with Gasteiger partial charge in [0.1, 0.15) is 5.82 Å². The maximum absolute atomic E-state index is 11.3. The third kappa shape index (κ3) is 3.94. The average Bonchev–Trinajstić information content (AvgIpc) is 2.82. The first kappa shape index (κ1) is 15.8. The van der Waals surface area contributed by atoms with Crippen LogP contribution >= 0.6 is 0 Å². The van der Waals surface area contributed by atoms with Crippen LogP contribution in [0.1, 0.15) is 56.6 Å². The Morgan fingerprint density at radius 1 is 1.48 bits per heavy atom. The lowest BCUT2D eigenvalue weighted by Crippen LogP contribution is -2.33. The molecule has 2 heterocycles. The van der Waals surface area contributed by atoms with Gasteiger partial charge in [0.15, 0.2) is 0 Å². The molecule has 2 rings (SSSR count). The smallest absolute Gasteiger partial charge is 0.335 e. The maximum Gasteiger partial charge on any atom is 0.335 e. The third-order valence-electron chi connectivity index (χ3n) is 3.78. The molecule has 1 aliphatic heterocycles. The normalized spacial score (nSPS) is 22.3. The number of carbonyl (C=O) groups is 1. The highest BCUT2D eigenvalue weighted by Crippen LogP contribution is 2.27. The largest absolute Gasteiger partial charge is 0.478 e. The van der Waals surface area contributed by atoms with Crippen LogP contribution in [-0.2, 0) is 10.2 Å². The fourth-order valence-corrected chi connectivity index (χ4v) is 2.38. The van der Waals surface area contributed by atoms with Gasteiger partial charge in [-0.05, 0) is 31.9 Å². The van der Waals surface area contributed by atoms with Crippen molar-refractivity contribution < 1.29 is 14.6 Å². The molecule has 5 heteroatoms. The molecular formula is C16H24N2O3. The standard InChI is InChI=1S/C16H24N2O3/c1-15(2,3)12-8-11(14(19)20)9-13(18-12)17-10-16(4)6-5-7-21-16/h8-9H,5-7,10H2,1-4H3,(H,17,18)(H,19,20). The number of aromatic carboxylic acids is 1. The number of hydrogen-bond acceptors (Lipinski definition) is 4. The van der Waals surface area contributed by atoms with Gasteiger partial charge < -0.3 is 15.2 Å². The van der Waals surface area contributed by atoms with E-state index in [1.165, 1.54) is 0 Å². The number of pyridine rings is 1. The fraction of sp³-hybridized carbons (Fsp3) is 0.625. The molecule has 1 fully saturated rings. The van der Waals surface area contributed by atoms with E-state index < -0.39 is 5.97 Å². The Morgan fingerprint density at radius 2 is 2.19 bits per heavy atom. The monoisotopic (exact) mass is 292 g/mol. The highest BCUT2D eigenvalue weighted by molar-refractivity contribution is 5.88. The zero-order chi connectivity index (χ0) is 15.7. The summed E-state index contributed by atoms with van der Waals surface area (Å²) in [5, 5.41) is 12.5. The van der Waals surface area contributed by atoms with E-state index in [9.17, 15) is 9.90 Å². The van der Waals surface area contributed by atoms with Crippen molar-refractivity contribution in [2.75, 3.05) is 18.5 Å². The van der Waals surface area contributed by atoms with Gasteiger partial charge in [-0.25, -0.2) is 9.78 Å². The first-order valence-corrected chi connectivity index (χ1v) is 7.33. The van der Waals surface area contributed by atoms with Gasteiger partial charge in [-0.2, -0.15) is 0 Å². The van der Waals surface area contributed by atoms with Gasteiger partial charge in [-0.3, -0.25) is 0 Å². The van der Waals surface area contributed by atoms with Crippen LogP contribution in [0.2, 0.25) is 0 Å². The molecule has 0 spiro atoms. The van der Waals surface area contributed by atoms with Crippen LogP contribution in [0.15, 0.2) is 12.1 Å². The summed E-state index contributed by atoms with van der Waals surface area (Å²) in [5.41, 5.74) is 0.635. The summed E-state index contributed by atoms with van der Waals surface area (Å²) in [6.45, 7) is 9.55. The van der Waals surface area contributed by atoms with Gasteiger partial charge in [0.05, 0.1) is 11.2 Å². The molecule has 1 aromatic rings. The number of anilines is 1. The number of carboxylic acids is 1. The molecule has 116 valence electrons. The Hall–Kier alpha value is -1.62. The SMILES string of the molecule is CC1(CNc2cc(C(=O)O)cc(C(C)(C)C)n2)CCCO1. The predicted octanol–water partition coefficient (Wildman–Crippen LogP) is 3.06. The molecule has 1 saturated heterocycles. The van der Waals surface area contributed by atoms with Crippen molar-refractivity contribution in [3.8, 4) is 0 Å². The number of aromatic nitrogens is 1. The summed E-state index contributed by atoms with van der Waals surface area (Å²) in [7, 11) is 0. The molecule has 2 N–H and O–H groups in total. The summed E-state index contributed by atoms with van der Waals surface area (Å²) in [6.07, 6.45) is 2.07. The Bertz CT molecular complexity index is 529. The molecular weight excluding hydrogens is 268 g/mol. The van der Waals surface area contributed by atoms with E-state index in [2.05, 4.69) is 17.2 Å². The van der Waals surface area contributed by atoms with Crippen molar-refractivity contribution in [1.29, 1.82) is 0 Å². The molecule has 1 atom stereocenters. The molecule has 1 aliphatic rings. The third-order valence-corrected chi connectivity index (χ3v) is 3.78. The number of hydrogen-bond donors (Lipinski definition) is 2. The Morgan fingerprint density at radius 3 is 2.71 bits per heavy atom. The van der Waals surface area contributed by atoms with E-state index in [-0.39, 0.29) is 16.6 Å². The first-order valence-electron chi connectivity index (χ1n) is 7.33. The Labute approximate surface area is 125 Å². The fourth-order valence-electron chi connectivity index (χ4n) is 2.38. The van der Waals surface area contributed by atoms with E-state index in [1.54, 1.807) is 12.1 Å². The number of ether oxygens (including phenoxy) is 1. The van der Waals surface area contributed by atoms with E-state index in [1.807, 2.05) is 20.8 Å². The van der Waals surface area contributed by atoms with Crippen molar-refractivity contribution in [2.45, 2.75) is 51.6 Å². The number of nitrogens with one attached hydrogen (secondary N) is 1. The van der Waals surface area contributed by atoms with Gasteiger partial charge in [0.25, 0.3) is 0 Å². The molecule has 21 heavy (non-hydrogen) atoms. The lowest BCUT2D eigenvalue weighted by atomic mass is 9.90. The zero-order valence-electron chi connectivity index (χ0n) is 13.2. The molecule has 1 aromatic heterocycles. The van der Waals surface area contributed by atoms with Gasteiger partial charge in [0.2, 0.25) is 0 Å². The highest BCUT2D eigenvalue weighted by atomic mass is 16.5. The number of nitrogens with zero attached hydrogens (tertiary/aromatic N) is 1. The first-order chi connectivity index (χ1) is 9.70. The summed E-state index contributed by atoms with van der Waals surface area (Å²) >= 11 is 0. The zero-order valence-corrected chi connectivity index (χ0v) is 13.2. The highest BCUT2D eigenvalue weighted by Gasteiger charge is 2.29. The van der Waals surface area contributed by atoms with Crippen LogP contribution in [0.5, 0.6) is 0 Å². The summed E-state index contributed by atoms with van der Waals surface area (Å²) < 4.78 is 5.73. The van der Waals surface area contributed by atoms with E-state index in [0.29, 0.717) is 12.4 Å². The molecule has 0 saturated carbocycles. The molecule has 0 bridgehead atoms. The minimum absolute atomic E-state index is 0.192. The quantitative estimate of drug-likeness (QED) is 0.892. The van der Waals surface area contributed by atoms with Crippen LogP contribution in [0.3, 0.4) is 0 Å². The molecule has 0 amide bonds. The molecule has 0 aromatic carbocycles. The lowest BCUT2D eigenvalue weighted by Gasteiger charge is -2.25. The van der Waals surface area contributed by atoms with Gasteiger partial charge >= 0.3 is 5.97 Å². The second kappa shape index (κ2) is 5.64. The van der Waals surface area contributed by atoms with Crippen molar-refractivity contribution in [1.82, 2.24) is 4.98 Å². The summed E-state index contributed by atoms with van der Waals surface area (Å²) in [4.78, 5) is 15.8. The predicted molar refractivity (Wildman–Crippen MR) is 82.0 cm³/mol. The van der Waals surface area contributed by atoms with Crippen LogP contribution in [0, 0.1) is 0 Å². The lowest BCUT2D eigenvalue weighted by molar-refractivity contribution is 0.0314. The van der Waals surface area contributed by atoms with E-state index >= 15 is 0 Å². The van der Waals surface area contributed by atoms with Crippen molar-refractivity contribution >= 4 is 11.8 Å². The number of carboxylic acid groups (broad SMARTS) is 1. The summed E-state index contributed by atoms with van der Waals surface area (Å²) in [5.74, 6) is -0.342. The van der Waals surface area contributed by atoms with Crippen LogP contribution in [-0.4, -0.2) is 34.8 Å². The minimum Gasteiger partial charge on any atom is -0.478 e. The van der Waals surface area contributed by atoms with Crippen LogP contribution in [0.4, 0.5) is 5.82 Å². The van der Waals surface area contributed by atoms with Gasteiger partial charge in [0, 0.05) is 24.3 Å². The number of rotatable bonds is 4. The van der Waals surface area contributed by atoms with Gasteiger partial charge in [-0.15, -0.1) is 0 Å². The molecule has 0 radical (unpaired) electrons. The second-order valence-electron chi connectivity index (χ2n) is 6.94. The van der Waals surface area contributed by atoms with Crippen molar-refractivity contribution in [3.63, 3.8) is 0 Å². The molecule has 5 nitrogen and oxygen atoms in total. The van der Waals surface area contributed by atoms with Gasteiger partial charge in [-0.1, -0.05) is 20.8 Å². The second-order valence-corrected chi connectivity index (χ2v) is 6.94. The topological polar surface area (TPSA) is 71.5 Å².